The van der Waals surface area contributed by atoms with E-state index in [1.54, 1.807) is 12.1 Å². The summed E-state index contributed by atoms with van der Waals surface area (Å²) in [5.41, 5.74) is 4.20. The highest BCUT2D eigenvalue weighted by Gasteiger charge is 2.48. The van der Waals surface area contributed by atoms with E-state index in [-0.39, 0.29) is 22.6 Å². The highest BCUT2D eigenvalue weighted by atomic mass is 35.5. The molecule has 6 rings (SSSR count). The third kappa shape index (κ3) is 5.32. The second-order valence-electron chi connectivity index (χ2n) is 10.7. The van der Waals surface area contributed by atoms with Crippen LogP contribution in [0.5, 0.6) is 5.75 Å². The van der Waals surface area contributed by atoms with Gasteiger partial charge in [-0.2, -0.15) is 0 Å². The average Bonchev–Trinajstić information content (AvgIpc) is 3.67. The van der Waals surface area contributed by atoms with Gasteiger partial charge in [-0.1, -0.05) is 91.0 Å². The number of carbonyl (C=O) groups is 2. The molecule has 2 atom stereocenters. The van der Waals surface area contributed by atoms with E-state index < -0.39 is 17.7 Å². The molecule has 4 aromatic rings. The quantitative estimate of drug-likeness (QED) is 0.0752. The maximum Gasteiger partial charge on any atom is 0.301 e. The molecule has 1 amide bonds. The van der Waals surface area contributed by atoms with Crippen molar-refractivity contribution in [3.05, 3.63) is 105 Å². The molecule has 3 aromatic carbocycles. The third-order valence-electron chi connectivity index (χ3n) is 7.44. The number of rotatable bonds is 7. The second-order valence-corrected chi connectivity index (χ2v) is 13.3. The van der Waals surface area contributed by atoms with E-state index in [1.807, 2.05) is 61.5 Å². The Balaban J connectivity index is 1.40. The summed E-state index contributed by atoms with van der Waals surface area (Å²) in [5.74, 6) is -0.108. The Kier molecular flexibility index (Phi) is 7.83. The van der Waals surface area contributed by atoms with E-state index >= 15 is 0 Å². The van der Waals surface area contributed by atoms with Gasteiger partial charge in [0.1, 0.15) is 17.6 Å². The maximum absolute atomic E-state index is 13.6. The van der Waals surface area contributed by atoms with Gasteiger partial charge in [0, 0.05) is 22.8 Å². The number of Topliss-reactive ketones (excluding diaryl/α,β-unsaturated/α-hetero) is 1. The fourth-order valence-corrected chi connectivity index (χ4v) is 7.40. The van der Waals surface area contributed by atoms with Crippen molar-refractivity contribution in [2.24, 2.45) is 0 Å². The first-order valence-electron chi connectivity index (χ1n) is 13.6. The van der Waals surface area contributed by atoms with Gasteiger partial charge in [-0.25, -0.2) is 0 Å². The number of nitrogens with zero attached hydrogens (tertiary/aromatic N) is 3. The normalized spacial score (nSPS) is 19.4. The number of thioether (sulfide) groups is 1. The van der Waals surface area contributed by atoms with Crippen molar-refractivity contribution in [3.63, 3.8) is 0 Å². The Hall–Kier alpha value is -3.66. The number of hydrogen-bond acceptors (Lipinski definition) is 8. The van der Waals surface area contributed by atoms with Crippen LogP contribution in [-0.4, -0.2) is 33.1 Å². The lowest BCUT2D eigenvalue weighted by Gasteiger charge is -2.23. The molecule has 2 aliphatic rings. The van der Waals surface area contributed by atoms with Crippen LogP contribution in [0.2, 0.25) is 5.02 Å². The molecule has 2 aliphatic heterocycles. The highest BCUT2D eigenvalue weighted by Crippen LogP contribution is 2.45. The summed E-state index contributed by atoms with van der Waals surface area (Å²) < 4.78 is 6.44. The molecule has 214 valence electrons. The molecular formula is C32H28ClN3O4S2. The van der Waals surface area contributed by atoms with Crippen LogP contribution in [0.25, 0.3) is 5.76 Å². The van der Waals surface area contributed by atoms with Crippen LogP contribution in [0.1, 0.15) is 60.5 Å². The number of aromatic nitrogens is 2. The van der Waals surface area contributed by atoms with Gasteiger partial charge >= 0.3 is 5.91 Å². The minimum atomic E-state index is -0.871. The minimum absolute atomic E-state index is 0.0182. The van der Waals surface area contributed by atoms with Crippen molar-refractivity contribution in [1.29, 1.82) is 0 Å². The number of anilines is 1. The van der Waals surface area contributed by atoms with Crippen LogP contribution in [0.3, 0.4) is 0 Å². The summed E-state index contributed by atoms with van der Waals surface area (Å²) in [6, 6.07) is 19.8. The SMILES string of the molecule is CC1Cc2cc(C(O)=C3C(=O)C(=O)N(c4nnc(SCc5ccccc5Cl)s4)C3c3ccc(C(C)C)cc3)ccc2O1. The lowest BCUT2D eigenvalue weighted by Crippen LogP contribution is -2.29. The molecule has 1 saturated heterocycles. The zero-order valence-electron chi connectivity index (χ0n) is 23.2. The molecule has 2 unspecified atom stereocenters. The van der Waals surface area contributed by atoms with Crippen molar-refractivity contribution in [2.75, 3.05) is 4.90 Å². The minimum Gasteiger partial charge on any atom is -0.507 e. The number of hydrogen-bond donors (Lipinski definition) is 1. The standard InChI is InChI=1S/C32H28ClN3O4S2/c1-17(2)19-8-10-20(11-9-19)27-26(28(37)21-12-13-25-23(15-21)14-18(3)40-25)29(38)30(39)36(27)31-34-35-32(42-31)41-16-22-6-4-5-7-24(22)33/h4-13,15,17-18,27,37H,14,16H2,1-3H3. The lowest BCUT2D eigenvalue weighted by atomic mass is 9.93. The molecular weight excluding hydrogens is 590 g/mol. The first-order valence-corrected chi connectivity index (χ1v) is 15.8. The van der Waals surface area contributed by atoms with Crippen molar-refractivity contribution in [1.82, 2.24) is 10.2 Å². The molecule has 0 radical (unpaired) electrons. The summed E-state index contributed by atoms with van der Waals surface area (Å²) in [5, 5.41) is 21.1. The van der Waals surface area contributed by atoms with Crippen LogP contribution in [0.15, 0.2) is 76.6 Å². The summed E-state index contributed by atoms with van der Waals surface area (Å²) in [6.45, 7) is 6.18. The molecule has 1 fully saturated rings. The van der Waals surface area contributed by atoms with E-state index in [9.17, 15) is 14.7 Å². The Morgan fingerprint density at radius 3 is 2.62 bits per heavy atom. The fourth-order valence-electron chi connectivity index (χ4n) is 5.25. The second kappa shape index (κ2) is 11.6. The molecule has 0 bridgehead atoms. The summed E-state index contributed by atoms with van der Waals surface area (Å²) >= 11 is 8.99. The molecule has 1 N–H and O–H groups in total. The number of ether oxygens (including phenoxy) is 1. The zero-order chi connectivity index (χ0) is 29.5. The van der Waals surface area contributed by atoms with Crippen molar-refractivity contribution >= 4 is 57.3 Å². The number of aliphatic hydroxyl groups is 1. The van der Waals surface area contributed by atoms with Gasteiger partial charge in [0.25, 0.3) is 5.78 Å². The molecule has 1 aromatic heterocycles. The van der Waals surface area contributed by atoms with Crippen LogP contribution in [0, 0.1) is 0 Å². The third-order valence-corrected chi connectivity index (χ3v) is 9.92. The monoisotopic (exact) mass is 617 g/mol. The summed E-state index contributed by atoms with van der Waals surface area (Å²) in [7, 11) is 0. The summed E-state index contributed by atoms with van der Waals surface area (Å²) in [6.07, 6.45) is 0.731. The number of amides is 1. The van der Waals surface area contributed by atoms with Crippen LogP contribution in [-0.2, 0) is 21.8 Å². The number of benzene rings is 3. The van der Waals surface area contributed by atoms with Gasteiger partial charge < -0.3 is 9.84 Å². The van der Waals surface area contributed by atoms with Gasteiger partial charge in [0.15, 0.2) is 4.34 Å². The van der Waals surface area contributed by atoms with E-state index in [0.29, 0.717) is 38.6 Å². The number of halogens is 1. The zero-order valence-corrected chi connectivity index (χ0v) is 25.6. The smallest absolute Gasteiger partial charge is 0.301 e. The highest BCUT2D eigenvalue weighted by molar-refractivity contribution is 8.00. The molecule has 42 heavy (non-hydrogen) atoms. The van der Waals surface area contributed by atoms with Gasteiger partial charge in [0.05, 0.1) is 11.6 Å². The van der Waals surface area contributed by atoms with Gasteiger partial charge in [-0.3, -0.25) is 14.5 Å². The van der Waals surface area contributed by atoms with Crippen LogP contribution < -0.4 is 9.64 Å². The van der Waals surface area contributed by atoms with Crippen LogP contribution >= 0.6 is 34.7 Å². The first-order chi connectivity index (χ1) is 20.2. The topological polar surface area (TPSA) is 92.6 Å². The van der Waals surface area contributed by atoms with Crippen LogP contribution in [0.4, 0.5) is 5.13 Å². The first kappa shape index (κ1) is 28.5. The molecule has 7 nitrogen and oxygen atoms in total. The van der Waals surface area contributed by atoms with Gasteiger partial charge in [0.2, 0.25) is 5.13 Å². The van der Waals surface area contributed by atoms with E-state index in [4.69, 9.17) is 16.3 Å². The fraction of sp³-hybridized carbons (Fsp3) is 0.250. The molecule has 0 spiro atoms. The van der Waals surface area contributed by atoms with Crippen molar-refractivity contribution in [3.8, 4) is 5.75 Å². The predicted molar refractivity (Wildman–Crippen MR) is 166 cm³/mol. The van der Waals surface area contributed by atoms with Gasteiger partial charge in [-0.15, -0.1) is 10.2 Å². The molecule has 10 heteroatoms. The number of fused-ring (bicyclic) bond motifs is 1. The Morgan fingerprint density at radius 2 is 1.88 bits per heavy atom. The van der Waals surface area contributed by atoms with E-state index in [0.717, 1.165) is 22.4 Å². The Bertz CT molecular complexity index is 1720. The molecule has 3 heterocycles. The lowest BCUT2D eigenvalue weighted by molar-refractivity contribution is -0.132. The van der Waals surface area contributed by atoms with E-state index in [1.165, 1.54) is 28.0 Å². The summed E-state index contributed by atoms with van der Waals surface area (Å²) in [4.78, 5) is 28.6. The van der Waals surface area contributed by atoms with E-state index in [2.05, 4.69) is 24.0 Å². The van der Waals surface area contributed by atoms with Crippen molar-refractivity contribution in [2.45, 2.75) is 55.3 Å². The number of aliphatic hydroxyl groups excluding tert-OH is 1. The van der Waals surface area contributed by atoms with Gasteiger partial charge in [-0.05, 0) is 59.4 Å². The predicted octanol–water partition coefficient (Wildman–Crippen LogP) is 7.56. The average molecular weight is 618 g/mol. The molecule has 0 saturated carbocycles. The Morgan fingerprint density at radius 1 is 1.12 bits per heavy atom. The largest absolute Gasteiger partial charge is 0.507 e. The van der Waals surface area contributed by atoms with Crippen molar-refractivity contribution < 1.29 is 19.4 Å². The Labute approximate surface area is 257 Å². The number of ketones is 1. The number of carbonyl (C=O) groups excluding carboxylic acids is 2. The maximum atomic E-state index is 13.6. The molecule has 0 aliphatic carbocycles.